The van der Waals surface area contributed by atoms with E-state index in [1.54, 1.807) is 6.92 Å². The van der Waals surface area contributed by atoms with E-state index in [1.807, 2.05) is 43.3 Å². The molecule has 26 heavy (non-hydrogen) atoms. The van der Waals surface area contributed by atoms with E-state index in [2.05, 4.69) is 20.2 Å². The number of nitrogens with zero attached hydrogens (tertiary/aromatic N) is 3. The van der Waals surface area contributed by atoms with Gasteiger partial charge in [0.15, 0.2) is 6.10 Å². The van der Waals surface area contributed by atoms with E-state index >= 15 is 0 Å². The number of carbonyl (C=O) groups excluding carboxylic acids is 1. The highest BCUT2D eigenvalue weighted by atomic mass is 16.5. The summed E-state index contributed by atoms with van der Waals surface area (Å²) in [6, 6.07) is 11.2. The van der Waals surface area contributed by atoms with Crippen LogP contribution in [0.2, 0.25) is 0 Å². The Morgan fingerprint density at radius 1 is 1.27 bits per heavy atom. The molecule has 1 fully saturated rings. The van der Waals surface area contributed by atoms with Crippen LogP contribution < -0.4 is 15.0 Å². The van der Waals surface area contributed by atoms with Crippen molar-refractivity contribution in [2.75, 3.05) is 31.2 Å². The van der Waals surface area contributed by atoms with Gasteiger partial charge in [-0.05, 0) is 26.0 Å². The topological polar surface area (TPSA) is 76.6 Å². The minimum absolute atomic E-state index is 0.202. The van der Waals surface area contributed by atoms with Crippen LogP contribution in [0.25, 0.3) is 0 Å². The number of hydrogen-bond acceptors (Lipinski definition) is 6. The smallest absolute Gasteiger partial charge is 0.261 e. The van der Waals surface area contributed by atoms with Crippen molar-refractivity contribution in [3.8, 4) is 5.75 Å². The number of carbonyl (C=O) groups is 1. The molecule has 0 radical (unpaired) electrons. The summed E-state index contributed by atoms with van der Waals surface area (Å²) in [6.07, 6.45) is -0.596. The summed E-state index contributed by atoms with van der Waals surface area (Å²) in [5.74, 6) is 1.92. The molecule has 0 aliphatic carbocycles. The molecule has 1 aliphatic rings. The Morgan fingerprint density at radius 3 is 2.73 bits per heavy atom. The lowest BCUT2D eigenvalue weighted by Gasteiger charge is -2.28. The van der Waals surface area contributed by atoms with Gasteiger partial charge in [-0.2, -0.15) is 0 Å². The first kappa shape index (κ1) is 18.1. The van der Waals surface area contributed by atoms with Crippen LogP contribution in [-0.4, -0.2) is 48.3 Å². The zero-order valence-electron chi connectivity index (χ0n) is 15.1. The maximum atomic E-state index is 12.3. The van der Waals surface area contributed by atoms with Gasteiger partial charge >= 0.3 is 0 Å². The number of amides is 1. The van der Waals surface area contributed by atoms with Crippen molar-refractivity contribution in [2.24, 2.45) is 0 Å². The normalized spacial score (nSPS) is 15.4. The molecule has 7 nitrogen and oxygen atoms in total. The van der Waals surface area contributed by atoms with E-state index in [1.165, 1.54) is 0 Å². The molecule has 2 aromatic rings. The van der Waals surface area contributed by atoms with Crippen LogP contribution in [0.4, 0.5) is 5.82 Å². The average molecular weight is 356 g/mol. The molecule has 0 spiro atoms. The third-order valence-corrected chi connectivity index (χ3v) is 4.07. The SMILES string of the molecule is Cc1cc(N2CCOCC2)nc(CNC(=O)C(C)Oc2ccccc2)n1. The second-order valence-corrected chi connectivity index (χ2v) is 6.17. The van der Waals surface area contributed by atoms with Gasteiger partial charge in [0.2, 0.25) is 0 Å². The van der Waals surface area contributed by atoms with Crippen molar-refractivity contribution in [1.82, 2.24) is 15.3 Å². The van der Waals surface area contributed by atoms with E-state index in [-0.39, 0.29) is 12.5 Å². The lowest BCUT2D eigenvalue weighted by atomic mass is 10.3. The van der Waals surface area contributed by atoms with Gasteiger partial charge in [-0.3, -0.25) is 4.79 Å². The van der Waals surface area contributed by atoms with E-state index in [9.17, 15) is 4.79 Å². The third-order valence-electron chi connectivity index (χ3n) is 4.07. The molecular formula is C19H24N4O3. The van der Waals surface area contributed by atoms with Crippen molar-refractivity contribution < 1.29 is 14.3 Å². The zero-order chi connectivity index (χ0) is 18.4. The molecule has 1 saturated heterocycles. The number of benzene rings is 1. The lowest BCUT2D eigenvalue weighted by Crippen LogP contribution is -2.38. The molecule has 1 atom stereocenters. The highest BCUT2D eigenvalue weighted by molar-refractivity contribution is 5.80. The van der Waals surface area contributed by atoms with Crippen molar-refractivity contribution in [1.29, 1.82) is 0 Å². The summed E-state index contributed by atoms with van der Waals surface area (Å²) in [7, 11) is 0. The Morgan fingerprint density at radius 2 is 2.00 bits per heavy atom. The molecule has 0 bridgehead atoms. The summed E-state index contributed by atoms with van der Waals surface area (Å²) in [5, 5.41) is 2.84. The molecule has 1 N–H and O–H groups in total. The number of rotatable bonds is 6. The minimum Gasteiger partial charge on any atom is -0.481 e. The quantitative estimate of drug-likeness (QED) is 0.849. The van der Waals surface area contributed by atoms with Crippen LogP contribution in [0.1, 0.15) is 18.4 Å². The third kappa shape index (κ3) is 4.92. The largest absolute Gasteiger partial charge is 0.481 e. The van der Waals surface area contributed by atoms with Crippen LogP contribution in [-0.2, 0) is 16.1 Å². The minimum atomic E-state index is -0.596. The number of para-hydroxylation sites is 1. The Bertz CT molecular complexity index is 733. The molecule has 7 heteroatoms. The van der Waals surface area contributed by atoms with Gasteiger partial charge in [-0.25, -0.2) is 9.97 Å². The molecule has 1 aliphatic heterocycles. The molecular weight excluding hydrogens is 332 g/mol. The van der Waals surface area contributed by atoms with Crippen molar-refractivity contribution >= 4 is 11.7 Å². The van der Waals surface area contributed by atoms with Gasteiger partial charge in [0.1, 0.15) is 17.4 Å². The molecule has 1 aromatic heterocycles. The Kier molecular flexibility index (Phi) is 6.01. The second kappa shape index (κ2) is 8.62. The predicted octanol–water partition coefficient (Wildman–Crippen LogP) is 1.71. The first-order chi connectivity index (χ1) is 12.6. The fraction of sp³-hybridized carbons (Fsp3) is 0.421. The fourth-order valence-corrected chi connectivity index (χ4v) is 2.71. The number of aryl methyl sites for hydroxylation is 1. The number of hydrogen-bond donors (Lipinski definition) is 1. The van der Waals surface area contributed by atoms with Crippen molar-refractivity contribution in [3.63, 3.8) is 0 Å². The van der Waals surface area contributed by atoms with Gasteiger partial charge < -0.3 is 19.7 Å². The second-order valence-electron chi connectivity index (χ2n) is 6.17. The molecule has 1 unspecified atom stereocenters. The van der Waals surface area contributed by atoms with Gasteiger partial charge in [-0.1, -0.05) is 18.2 Å². The summed E-state index contributed by atoms with van der Waals surface area (Å²) in [4.78, 5) is 23.4. The molecule has 1 amide bonds. The lowest BCUT2D eigenvalue weighted by molar-refractivity contribution is -0.127. The van der Waals surface area contributed by atoms with Crippen molar-refractivity contribution in [2.45, 2.75) is 26.5 Å². The number of anilines is 1. The van der Waals surface area contributed by atoms with Gasteiger partial charge in [0.05, 0.1) is 19.8 Å². The molecule has 3 rings (SSSR count). The molecule has 1 aromatic carbocycles. The number of nitrogens with one attached hydrogen (secondary N) is 1. The van der Waals surface area contributed by atoms with E-state index < -0.39 is 6.10 Å². The number of ether oxygens (including phenoxy) is 2. The average Bonchev–Trinajstić information content (AvgIpc) is 2.67. The van der Waals surface area contributed by atoms with Crippen LogP contribution in [0.3, 0.4) is 0 Å². The maximum absolute atomic E-state index is 12.3. The summed E-state index contributed by atoms with van der Waals surface area (Å²) >= 11 is 0. The van der Waals surface area contributed by atoms with E-state index in [0.29, 0.717) is 24.8 Å². The first-order valence-electron chi connectivity index (χ1n) is 8.78. The Balaban J connectivity index is 1.58. The monoisotopic (exact) mass is 356 g/mol. The van der Waals surface area contributed by atoms with E-state index in [4.69, 9.17) is 9.47 Å². The van der Waals surface area contributed by atoms with Crippen LogP contribution in [0.5, 0.6) is 5.75 Å². The molecule has 2 heterocycles. The standard InChI is InChI=1S/C19H24N4O3/c1-14-12-18(23-8-10-25-11-9-23)22-17(21-14)13-20-19(24)15(2)26-16-6-4-3-5-7-16/h3-7,12,15H,8-11,13H2,1-2H3,(H,20,24). The maximum Gasteiger partial charge on any atom is 0.261 e. The van der Waals surface area contributed by atoms with Crippen LogP contribution in [0.15, 0.2) is 36.4 Å². The van der Waals surface area contributed by atoms with Gasteiger partial charge in [0, 0.05) is 24.8 Å². The first-order valence-corrected chi connectivity index (χ1v) is 8.78. The van der Waals surface area contributed by atoms with Crippen molar-refractivity contribution in [3.05, 3.63) is 47.9 Å². The highest BCUT2D eigenvalue weighted by Crippen LogP contribution is 2.14. The number of aromatic nitrogens is 2. The molecule has 138 valence electrons. The zero-order valence-corrected chi connectivity index (χ0v) is 15.1. The van der Waals surface area contributed by atoms with Gasteiger partial charge in [0.25, 0.3) is 5.91 Å². The van der Waals surface area contributed by atoms with E-state index in [0.717, 1.165) is 24.6 Å². The number of morpholine rings is 1. The Hall–Kier alpha value is -2.67. The molecule has 0 saturated carbocycles. The van der Waals surface area contributed by atoms with Crippen LogP contribution >= 0.6 is 0 Å². The summed E-state index contributed by atoms with van der Waals surface area (Å²) < 4.78 is 11.0. The van der Waals surface area contributed by atoms with Gasteiger partial charge in [-0.15, -0.1) is 0 Å². The summed E-state index contributed by atoms with van der Waals surface area (Å²) in [5.41, 5.74) is 0.874. The summed E-state index contributed by atoms with van der Waals surface area (Å²) in [6.45, 7) is 6.93. The predicted molar refractivity (Wildman–Crippen MR) is 98.2 cm³/mol. The fourth-order valence-electron chi connectivity index (χ4n) is 2.71. The highest BCUT2D eigenvalue weighted by Gasteiger charge is 2.17. The Labute approximate surface area is 153 Å². The van der Waals surface area contributed by atoms with Crippen LogP contribution in [0, 0.1) is 6.92 Å².